The monoisotopic (exact) mass is 297 g/mol. The van der Waals surface area contributed by atoms with E-state index in [-0.39, 0.29) is 5.91 Å². The highest BCUT2D eigenvalue weighted by Crippen LogP contribution is 2.24. The van der Waals surface area contributed by atoms with Crippen molar-refractivity contribution in [3.05, 3.63) is 4.88 Å². The first-order valence-electron chi connectivity index (χ1n) is 7.14. The van der Waals surface area contributed by atoms with E-state index in [4.69, 9.17) is 5.73 Å². The lowest BCUT2D eigenvalue weighted by atomic mass is 10.3. The molecule has 0 bridgehead atoms. The Hall–Kier alpha value is -1.34. The van der Waals surface area contributed by atoms with E-state index in [0.29, 0.717) is 28.4 Å². The molecule has 1 aromatic rings. The molecule has 0 saturated carbocycles. The van der Waals surface area contributed by atoms with Crippen molar-refractivity contribution in [2.75, 3.05) is 37.2 Å². The first-order chi connectivity index (χ1) is 9.61. The highest BCUT2D eigenvalue weighted by atomic mass is 32.1. The maximum absolute atomic E-state index is 12.1. The molecule has 1 aromatic heterocycles. The zero-order chi connectivity index (χ0) is 14.5. The van der Waals surface area contributed by atoms with Crippen molar-refractivity contribution >= 4 is 28.2 Å². The van der Waals surface area contributed by atoms with Crippen LogP contribution in [0.3, 0.4) is 0 Å². The van der Waals surface area contributed by atoms with E-state index in [0.717, 1.165) is 19.6 Å². The van der Waals surface area contributed by atoms with Gasteiger partial charge < -0.3 is 16.4 Å². The second-order valence-corrected chi connectivity index (χ2v) is 6.06. The lowest BCUT2D eigenvalue weighted by molar-refractivity contribution is 0.0945. The molecule has 1 atom stereocenters. The Kier molecular flexibility index (Phi) is 5.19. The number of carbonyl (C=O) groups excluding carboxylic acids is 1. The van der Waals surface area contributed by atoms with Crippen LogP contribution in [0, 0.1) is 0 Å². The topological polar surface area (TPSA) is 83.3 Å². The Labute approximate surface area is 123 Å². The number of thiazole rings is 1. The van der Waals surface area contributed by atoms with Crippen molar-refractivity contribution in [1.29, 1.82) is 0 Å². The van der Waals surface area contributed by atoms with Crippen molar-refractivity contribution in [3.8, 4) is 0 Å². The summed E-state index contributed by atoms with van der Waals surface area (Å²) in [6.45, 7) is 7.79. The predicted molar refractivity (Wildman–Crippen MR) is 83.3 cm³/mol. The first-order valence-corrected chi connectivity index (χ1v) is 7.96. The molecule has 1 fully saturated rings. The number of nitrogen functional groups attached to an aromatic ring is 1. The summed E-state index contributed by atoms with van der Waals surface area (Å²) in [5.74, 6) is 0.174. The zero-order valence-electron chi connectivity index (χ0n) is 12.1. The second-order valence-electron chi connectivity index (χ2n) is 5.07. The standard InChI is InChI=1S/C13H23N5OS/c1-3-15-13-17-11(14)10(20-13)12(19)16-8-9(2)18-6-4-5-7-18/h9H,3-8,14H2,1-2H3,(H,15,17)(H,16,19). The number of rotatable bonds is 6. The van der Waals surface area contributed by atoms with Crippen molar-refractivity contribution < 1.29 is 4.79 Å². The SMILES string of the molecule is CCNc1nc(N)c(C(=O)NCC(C)N2CCCC2)s1. The number of likely N-dealkylation sites (tertiary alicyclic amines) is 1. The summed E-state index contributed by atoms with van der Waals surface area (Å²) in [6.07, 6.45) is 2.51. The summed E-state index contributed by atoms with van der Waals surface area (Å²) < 4.78 is 0. The van der Waals surface area contributed by atoms with Crippen LogP contribution in [0.15, 0.2) is 0 Å². The van der Waals surface area contributed by atoms with E-state index in [1.807, 2.05) is 6.92 Å². The molecule has 0 aromatic carbocycles. The van der Waals surface area contributed by atoms with E-state index in [1.54, 1.807) is 0 Å². The van der Waals surface area contributed by atoms with E-state index in [2.05, 4.69) is 27.4 Å². The number of amides is 1. The van der Waals surface area contributed by atoms with Crippen molar-refractivity contribution in [3.63, 3.8) is 0 Å². The van der Waals surface area contributed by atoms with Gasteiger partial charge in [-0.05, 0) is 39.8 Å². The van der Waals surface area contributed by atoms with Gasteiger partial charge in [-0.3, -0.25) is 9.69 Å². The van der Waals surface area contributed by atoms with Crippen molar-refractivity contribution in [2.24, 2.45) is 0 Å². The summed E-state index contributed by atoms with van der Waals surface area (Å²) >= 11 is 1.30. The maximum atomic E-state index is 12.1. The van der Waals surface area contributed by atoms with Crippen molar-refractivity contribution in [1.82, 2.24) is 15.2 Å². The van der Waals surface area contributed by atoms with Gasteiger partial charge in [-0.15, -0.1) is 0 Å². The fraction of sp³-hybridized carbons (Fsp3) is 0.692. The Morgan fingerprint density at radius 3 is 2.85 bits per heavy atom. The molecule has 1 aliphatic heterocycles. The van der Waals surface area contributed by atoms with Crippen LogP contribution < -0.4 is 16.4 Å². The molecule has 20 heavy (non-hydrogen) atoms. The number of hydrogen-bond acceptors (Lipinski definition) is 6. The largest absolute Gasteiger partial charge is 0.382 e. The summed E-state index contributed by atoms with van der Waals surface area (Å²) in [4.78, 5) is 19.2. The van der Waals surface area contributed by atoms with E-state index in [9.17, 15) is 4.79 Å². The number of nitrogens with zero attached hydrogens (tertiary/aromatic N) is 2. The fourth-order valence-electron chi connectivity index (χ4n) is 2.35. The average Bonchev–Trinajstić information content (AvgIpc) is 3.06. The summed E-state index contributed by atoms with van der Waals surface area (Å²) in [5.41, 5.74) is 5.79. The van der Waals surface area contributed by atoms with E-state index < -0.39 is 0 Å². The Morgan fingerprint density at radius 1 is 1.50 bits per heavy atom. The molecule has 7 heteroatoms. The van der Waals surface area contributed by atoms with Crippen LogP contribution in [-0.2, 0) is 0 Å². The average molecular weight is 297 g/mol. The van der Waals surface area contributed by atoms with Gasteiger partial charge in [0.25, 0.3) is 5.91 Å². The summed E-state index contributed by atoms with van der Waals surface area (Å²) in [6, 6.07) is 0.365. The van der Waals surface area contributed by atoms with Crippen LogP contribution >= 0.6 is 11.3 Å². The van der Waals surface area contributed by atoms with E-state index >= 15 is 0 Å². The minimum atomic E-state index is -0.129. The lowest BCUT2D eigenvalue weighted by Gasteiger charge is -2.23. The summed E-state index contributed by atoms with van der Waals surface area (Å²) in [7, 11) is 0. The molecule has 1 aliphatic rings. The van der Waals surface area contributed by atoms with Gasteiger partial charge in [0.1, 0.15) is 10.7 Å². The molecule has 1 unspecified atom stereocenters. The van der Waals surface area contributed by atoms with Gasteiger partial charge in [0, 0.05) is 19.1 Å². The molecule has 6 nitrogen and oxygen atoms in total. The third kappa shape index (κ3) is 3.61. The Bertz CT molecular complexity index is 456. The van der Waals surface area contributed by atoms with Gasteiger partial charge in [-0.2, -0.15) is 0 Å². The van der Waals surface area contributed by atoms with Gasteiger partial charge >= 0.3 is 0 Å². The molecule has 0 radical (unpaired) electrons. The number of aromatic nitrogens is 1. The van der Waals surface area contributed by atoms with Gasteiger partial charge in [-0.1, -0.05) is 11.3 Å². The number of carbonyl (C=O) groups is 1. The van der Waals surface area contributed by atoms with Crippen LogP contribution in [0.25, 0.3) is 0 Å². The molecule has 1 saturated heterocycles. The quantitative estimate of drug-likeness (QED) is 0.738. The van der Waals surface area contributed by atoms with E-state index in [1.165, 1.54) is 24.2 Å². The number of nitrogens with one attached hydrogen (secondary N) is 2. The molecule has 2 rings (SSSR count). The molecule has 112 valence electrons. The molecule has 1 amide bonds. The van der Waals surface area contributed by atoms with Gasteiger partial charge in [0.2, 0.25) is 0 Å². The van der Waals surface area contributed by atoms with Gasteiger partial charge in [-0.25, -0.2) is 4.98 Å². The lowest BCUT2D eigenvalue weighted by Crippen LogP contribution is -2.40. The smallest absolute Gasteiger partial charge is 0.265 e. The van der Waals surface area contributed by atoms with Crippen LogP contribution in [-0.4, -0.2) is 48.0 Å². The Morgan fingerprint density at radius 2 is 2.20 bits per heavy atom. The minimum absolute atomic E-state index is 0.129. The maximum Gasteiger partial charge on any atom is 0.265 e. The summed E-state index contributed by atoms with van der Waals surface area (Å²) in [5, 5.41) is 6.72. The van der Waals surface area contributed by atoms with Gasteiger partial charge in [0.15, 0.2) is 5.13 Å². The number of hydrogen-bond donors (Lipinski definition) is 3. The van der Waals surface area contributed by atoms with Crippen molar-refractivity contribution in [2.45, 2.75) is 32.7 Å². The second kappa shape index (κ2) is 6.90. The predicted octanol–water partition coefficient (Wildman–Crippen LogP) is 1.37. The van der Waals surface area contributed by atoms with Crippen LogP contribution in [0.2, 0.25) is 0 Å². The van der Waals surface area contributed by atoms with Crippen LogP contribution in [0.4, 0.5) is 10.9 Å². The van der Waals surface area contributed by atoms with Crippen LogP contribution in [0.5, 0.6) is 0 Å². The number of anilines is 2. The third-order valence-corrected chi connectivity index (χ3v) is 4.54. The van der Waals surface area contributed by atoms with Crippen LogP contribution in [0.1, 0.15) is 36.4 Å². The van der Waals surface area contributed by atoms with Gasteiger partial charge in [0.05, 0.1) is 0 Å². The molecule has 0 spiro atoms. The zero-order valence-corrected chi connectivity index (χ0v) is 12.9. The molecular weight excluding hydrogens is 274 g/mol. The fourth-order valence-corrected chi connectivity index (χ4v) is 3.22. The Balaban J connectivity index is 1.87. The molecule has 4 N–H and O–H groups in total. The minimum Gasteiger partial charge on any atom is -0.382 e. The normalized spacial score (nSPS) is 17.1. The third-order valence-electron chi connectivity index (χ3n) is 3.51. The highest BCUT2D eigenvalue weighted by molar-refractivity contribution is 7.18. The highest BCUT2D eigenvalue weighted by Gasteiger charge is 2.20. The first kappa shape index (κ1) is 15.1. The molecule has 0 aliphatic carbocycles. The molecule has 2 heterocycles. The molecular formula is C13H23N5OS. The number of nitrogens with two attached hydrogens (primary N) is 1.